The largest absolute Gasteiger partial charge is 0.397 e. The average molecular weight is 300 g/mol. The van der Waals surface area contributed by atoms with E-state index in [-0.39, 0.29) is 5.56 Å². The monoisotopic (exact) mass is 300 g/mol. The Labute approximate surface area is 117 Å². The lowest BCUT2D eigenvalue weighted by Gasteiger charge is -2.07. The molecule has 0 radical (unpaired) electrons. The Bertz CT molecular complexity index is 716. The van der Waals surface area contributed by atoms with Gasteiger partial charge in [0.2, 0.25) is 0 Å². The standard InChI is InChI=1S/C11H12N2O.CH4O4S/c1-9-8-11(14)13(12(9)2)10-6-4-3-5-7-10;1-5-6(2,3)4/h3-8H,1-2H3;1H3,(H,2,3,4). The molecule has 1 heterocycles. The van der Waals surface area contributed by atoms with E-state index in [1.807, 2.05) is 49.0 Å². The molecule has 0 aliphatic rings. The molecule has 0 bridgehead atoms. The van der Waals surface area contributed by atoms with Gasteiger partial charge in [-0.1, -0.05) is 18.2 Å². The second-order valence-corrected chi connectivity index (χ2v) is 5.08. The maximum Gasteiger partial charge on any atom is 0.397 e. The summed E-state index contributed by atoms with van der Waals surface area (Å²) in [5.41, 5.74) is 1.86. The summed E-state index contributed by atoms with van der Waals surface area (Å²) >= 11 is 0. The summed E-state index contributed by atoms with van der Waals surface area (Å²) in [5.74, 6) is 0. The zero-order valence-corrected chi connectivity index (χ0v) is 12.2. The van der Waals surface area contributed by atoms with Crippen molar-refractivity contribution in [1.29, 1.82) is 0 Å². The van der Waals surface area contributed by atoms with Crippen LogP contribution in [0.4, 0.5) is 0 Å². The number of hydrogen-bond donors (Lipinski definition) is 1. The topological polar surface area (TPSA) is 90.5 Å². The highest BCUT2D eigenvalue weighted by molar-refractivity contribution is 7.80. The lowest BCUT2D eigenvalue weighted by Crippen LogP contribution is -2.18. The molecule has 7 nitrogen and oxygen atoms in total. The molecule has 8 heteroatoms. The Morgan fingerprint density at radius 1 is 1.20 bits per heavy atom. The third-order valence-corrected chi connectivity index (χ3v) is 2.98. The van der Waals surface area contributed by atoms with Crippen molar-refractivity contribution in [2.24, 2.45) is 7.05 Å². The second-order valence-electron chi connectivity index (χ2n) is 3.89. The SMILES string of the molecule is COS(=O)(=O)O.Cc1cc(=O)n(-c2ccccc2)n1C. The number of rotatable bonds is 2. The predicted octanol–water partition coefficient (Wildman–Crippen LogP) is 0.920. The second kappa shape index (κ2) is 6.51. The van der Waals surface area contributed by atoms with E-state index < -0.39 is 10.4 Å². The summed E-state index contributed by atoms with van der Waals surface area (Å²) in [5, 5.41) is 0. The van der Waals surface area contributed by atoms with Crippen molar-refractivity contribution >= 4 is 10.4 Å². The molecule has 0 unspecified atom stereocenters. The molecule has 2 aromatic rings. The van der Waals surface area contributed by atoms with Crippen molar-refractivity contribution in [2.75, 3.05) is 7.11 Å². The van der Waals surface area contributed by atoms with E-state index >= 15 is 0 Å². The Balaban J connectivity index is 0.000000286. The van der Waals surface area contributed by atoms with Gasteiger partial charge in [-0.3, -0.25) is 18.2 Å². The summed E-state index contributed by atoms with van der Waals surface area (Å²) in [6, 6.07) is 11.2. The van der Waals surface area contributed by atoms with Gasteiger partial charge in [-0.05, 0) is 19.1 Å². The highest BCUT2D eigenvalue weighted by Gasteiger charge is 2.05. The van der Waals surface area contributed by atoms with Gasteiger partial charge in [-0.2, -0.15) is 8.42 Å². The van der Waals surface area contributed by atoms with Crippen LogP contribution in [0.2, 0.25) is 0 Å². The minimum atomic E-state index is -4.16. The van der Waals surface area contributed by atoms with Crippen LogP contribution in [-0.4, -0.2) is 29.4 Å². The predicted molar refractivity (Wildman–Crippen MR) is 74.3 cm³/mol. The fourth-order valence-electron chi connectivity index (χ4n) is 1.51. The van der Waals surface area contributed by atoms with Crippen molar-refractivity contribution in [3.05, 3.63) is 52.4 Å². The van der Waals surface area contributed by atoms with Crippen molar-refractivity contribution in [2.45, 2.75) is 6.92 Å². The van der Waals surface area contributed by atoms with Crippen LogP contribution in [0.15, 0.2) is 41.2 Å². The van der Waals surface area contributed by atoms with E-state index in [4.69, 9.17) is 4.55 Å². The Kier molecular flexibility index (Phi) is 5.26. The van der Waals surface area contributed by atoms with E-state index in [2.05, 4.69) is 4.18 Å². The van der Waals surface area contributed by atoms with Crippen LogP contribution >= 0.6 is 0 Å². The van der Waals surface area contributed by atoms with Crippen LogP contribution in [0.25, 0.3) is 5.69 Å². The molecular weight excluding hydrogens is 284 g/mol. The zero-order chi connectivity index (χ0) is 15.3. The van der Waals surface area contributed by atoms with E-state index in [0.717, 1.165) is 18.5 Å². The first-order valence-corrected chi connectivity index (χ1v) is 6.97. The Morgan fingerprint density at radius 3 is 2.05 bits per heavy atom. The fraction of sp³-hybridized carbons (Fsp3) is 0.250. The highest BCUT2D eigenvalue weighted by atomic mass is 32.3. The molecule has 0 saturated carbocycles. The third kappa shape index (κ3) is 4.34. The number of para-hydroxylation sites is 1. The Morgan fingerprint density at radius 2 is 1.70 bits per heavy atom. The third-order valence-electron chi connectivity index (χ3n) is 2.56. The fourth-order valence-corrected chi connectivity index (χ4v) is 1.51. The normalized spacial score (nSPS) is 10.8. The quantitative estimate of drug-likeness (QED) is 0.833. The summed E-state index contributed by atoms with van der Waals surface area (Å²) in [6.07, 6.45) is 0. The van der Waals surface area contributed by atoms with Gasteiger partial charge < -0.3 is 0 Å². The van der Waals surface area contributed by atoms with Crippen LogP contribution in [0.3, 0.4) is 0 Å². The number of benzene rings is 1. The van der Waals surface area contributed by atoms with Gasteiger partial charge in [0, 0.05) is 18.8 Å². The highest BCUT2D eigenvalue weighted by Crippen LogP contribution is 2.04. The number of aryl methyl sites for hydroxylation is 1. The van der Waals surface area contributed by atoms with Crippen LogP contribution < -0.4 is 5.56 Å². The van der Waals surface area contributed by atoms with Gasteiger partial charge in [-0.15, -0.1) is 0 Å². The first-order chi connectivity index (χ1) is 9.26. The summed E-state index contributed by atoms with van der Waals surface area (Å²) in [6.45, 7) is 1.92. The van der Waals surface area contributed by atoms with Gasteiger partial charge in [-0.25, -0.2) is 4.68 Å². The molecule has 1 aromatic heterocycles. The van der Waals surface area contributed by atoms with Crippen molar-refractivity contribution < 1.29 is 17.2 Å². The molecule has 0 aliphatic carbocycles. The number of hydrogen-bond acceptors (Lipinski definition) is 4. The molecule has 20 heavy (non-hydrogen) atoms. The number of nitrogens with zero attached hydrogens (tertiary/aromatic N) is 2. The van der Waals surface area contributed by atoms with Gasteiger partial charge in [0.25, 0.3) is 5.56 Å². The van der Waals surface area contributed by atoms with Crippen LogP contribution in [0, 0.1) is 6.92 Å². The van der Waals surface area contributed by atoms with E-state index in [1.165, 1.54) is 0 Å². The molecule has 0 atom stereocenters. The van der Waals surface area contributed by atoms with Crippen molar-refractivity contribution in [3.63, 3.8) is 0 Å². The minimum absolute atomic E-state index is 0.0104. The molecule has 0 aliphatic heterocycles. The first-order valence-electron chi connectivity index (χ1n) is 5.60. The van der Waals surface area contributed by atoms with E-state index in [0.29, 0.717) is 0 Å². The van der Waals surface area contributed by atoms with Crippen LogP contribution in [-0.2, 0) is 21.6 Å². The molecule has 110 valence electrons. The minimum Gasteiger partial charge on any atom is -0.285 e. The van der Waals surface area contributed by atoms with E-state index in [9.17, 15) is 13.2 Å². The molecule has 1 N–H and O–H groups in total. The first kappa shape index (κ1) is 16.2. The lowest BCUT2D eigenvalue weighted by atomic mass is 10.3. The van der Waals surface area contributed by atoms with Gasteiger partial charge in [0.15, 0.2) is 0 Å². The maximum absolute atomic E-state index is 11.6. The number of aromatic nitrogens is 2. The summed E-state index contributed by atoms with van der Waals surface area (Å²) in [4.78, 5) is 11.6. The summed E-state index contributed by atoms with van der Waals surface area (Å²) in [7, 11) is -1.41. The molecule has 2 rings (SSSR count). The molecule has 0 amide bonds. The molecular formula is C12H16N2O5S. The average Bonchev–Trinajstić information content (AvgIpc) is 2.64. The molecule has 0 saturated heterocycles. The van der Waals surface area contributed by atoms with Gasteiger partial charge >= 0.3 is 10.4 Å². The van der Waals surface area contributed by atoms with Gasteiger partial charge in [0.05, 0.1) is 12.8 Å². The van der Waals surface area contributed by atoms with Gasteiger partial charge in [0.1, 0.15) is 0 Å². The smallest absolute Gasteiger partial charge is 0.285 e. The molecule has 1 aromatic carbocycles. The molecule has 0 spiro atoms. The lowest BCUT2D eigenvalue weighted by molar-refractivity contribution is 0.324. The zero-order valence-electron chi connectivity index (χ0n) is 11.3. The molecule has 0 fully saturated rings. The van der Waals surface area contributed by atoms with Crippen molar-refractivity contribution in [3.8, 4) is 5.69 Å². The van der Waals surface area contributed by atoms with Crippen LogP contribution in [0.1, 0.15) is 5.69 Å². The Hall–Kier alpha value is -1.90. The summed E-state index contributed by atoms with van der Waals surface area (Å²) < 4.78 is 33.2. The van der Waals surface area contributed by atoms with Crippen LogP contribution in [0.5, 0.6) is 0 Å². The van der Waals surface area contributed by atoms with E-state index in [1.54, 1.807) is 10.7 Å². The van der Waals surface area contributed by atoms with Crippen molar-refractivity contribution in [1.82, 2.24) is 9.36 Å². The maximum atomic E-state index is 11.6.